The highest BCUT2D eigenvalue weighted by atomic mass is 35.5. The van der Waals surface area contributed by atoms with E-state index in [2.05, 4.69) is 16.4 Å². The zero-order valence-corrected chi connectivity index (χ0v) is 14.2. The van der Waals surface area contributed by atoms with Gasteiger partial charge in [0.25, 0.3) is 5.91 Å². The van der Waals surface area contributed by atoms with Crippen molar-refractivity contribution in [2.45, 2.75) is 13.8 Å². The van der Waals surface area contributed by atoms with Crippen LogP contribution in [0.3, 0.4) is 0 Å². The molecule has 3 aromatic rings. The van der Waals surface area contributed by atoms with Crippen LogP contribution in [-0.2, 0) is 0 Å². The number of amides is 1. The standard InChI is InChI=1S/C16H12Cl2N2OS/c1-8-3-6-13-14(9(8)2)19-16(22-13)20-15(21)11-7-10(17)4-5-12(11)18/h3-7H,1-2H3,(H,19,20,21). The highest BCUT2D eigenvalue weighted by Gasteiger charge is 2.14. The largest absolute Gasteiger partial charge is 0.298 e. The fourth-order valence-electron chi connectivity index (χ4n) is 2.12. The van der Waals surface area contributed by atoms with Gasteiger partial charge in [0.05, 0.1) is 20.8 Å². The molecule has 0 unspecified atom stereocenters. The second kappa shape index (κ2) is 5.88. The normalized spacial score (nSPS) is 10.9. The molecule has 1 heterocycles. The molecule has 3 nitrogen and oxygen atoms in total. The van der Waals surface area contributed by atoms with Crippen molar-refractivity contribution in [1.29, 1.82) is 0 Å². The third-order valence-electron chi connectivity index (χ3n) is 3.48. The average Bonchev–Trinajstić information content (AvgIpc) is 2.89. The van der Waals surface area contributed by atoms with Crippen LogP contribution in [0, 0.1) is 13.8 Å². The quantitative estimate of drug-likeness (QED) is 0.665. The Morgan fingerprint density at radius 1 is 1.18 bits per heavy atom. The number of benzene rings is 2. The Balaban J connectivity index is 1.94. The van der Waals surface area contributed by atoms with Crippen molar-refractivity contribution in [2.75, 3.05) is 5.32 Å². The second-order valence-corrected chi connectivity index (χ2v) is 6.83. The number of nitrogens with one attached hydrogen (secondary N) is 1. The first-order chi connectivity index (χ1) is 10.5. The van der Waals surface area contributed by atoms with Crippen molar-refractivity contribution < 1.29 is 4.79 Å². The first kappa shape index (κ1) is 15.3. The minimum absolute atomic E-state index is 0.319. The third kappa shape index (κ3) is 2.82. The van der Waals surface area contributed by atoms with Crippen molar-refractivity contribution in [2.24, 2.45) is 0 Å². The first-order valence-electron chi connectivity index (χ1n) is 6.59. The van der Waals surface area contributed by atoms with E-state index in [1.807, 2.05) is 19.9 Å². The zero-order chi connectivity index (χ0) is 15.9. The summed E-state index contributed by atoms with van der Waals surface area (Å²) in [5, 5.41) is 4.15. The lowest BCUT2D eigenvalue weighted by molar-refractivity contribution is 0.102. The van der Waals surface area contributed by atoms with Crippen LogP contribution in [0.1, 0.15) is 21.5 Å². The van der Waals surface area contributed by atoms with Gasteiger partial charge >= 0.3 is 0 Å². The summed E-state index contributed by atoms with van der Waals surface area (Å²) in [6.07, 6.45) is 0. The summed E-state index contributed by atoms with van der Waals surface area (Å²) in [5.74, 6) is -0.319. The van der Waals surface area contributed by atoms with Crippen LogP contribution >= 0.6 is 34.5 Å². The van der Waals surface area contributed by atoms with Crippen LogP contribution in [0.5, 0.6) is 0 Å². The predicted octanol–water partition coefficient (Wildman–Crippen LogP) is 5.47. The zero-order valence-electron chi connectivity index (χ0n) is 11.9. The maximum atomic E-state index is 12.3. The van der Waals surface area contributed by atoms with Gasteiger partial charge in [0.15, 0.2) is 5.13 Å². The molecule has 2 aromatic carbocycles. The summed E-state index contributed by atoms with van der Waals surface area (Å²) in [7, 11) is 0. The fourth-order valence-corrected chi connectivity index (χ4v) is 3.41. The lowest BCUT2D eigenvalue weighted by Gasteiger charge is -2.04. The number of aromatic nitrogens is 1. The smallest absolute Gasteiger partial charge is 0.259 e. The van der Waals surface area contributed by atoms with Gasteiger partial charge in [0.1, 0.15) is 0 Å². The van der Waals surface area contributed by atoms with Crippen LogP contribution in [0.2, 0.25) is 10.0 Å². The van der Waals surface area contributed by atoms with E-state index < -0.39 is 0 Å². The number of hydrogen-bond donors (Lipinski definition) is 1. The van der Waals surface area contributed by atoms with Gasteiger partial charge < -0.3 is 0 Å². The number of aryl methyl sites for hydroxylation is 2. The molecule has 0 bridgehead atoms. The second-order valence-electron chi connectivity index (χ2n) is 4.95. The summed E-state index contributed by atoms with van der Waals surface area (Å²) in [5.41, 5.74) is 3.54. The van der Waals surface area contributed by atoms with E-state index in [0.29, 0.717) is 20.7 Å². The molecule has 1 N–H and O–H groups in total. The molecule has 0 spiro atoms. The van der Waals surface area contributed by atoms with Gasteiger partial charge in [-0.15, -0.1) is 0 Å². The highest BCUT2D eigenvalue weighted by Crippen LogP contribution is 2.30. The predicted molar refractivity (Wildman–Crippen MR) is 93.5 cm³/mol. The number of hydrogen-bond acceptors (Lipinski definition) is 3. The van der Waals surface area contributed by atoms with Crippen molar-refractivity contribution in [3.63, 3.8) is 0 Å². The van der Waals surface area contributed by atoms with E-state index in [9.17, 15) is 4.79 Å². The maximum absolute atomic E-state index is 12.3. The van der Waals surface area contributed by atoms with E-state index in [1.54, 1.807) is 18.2 Å². The Hall–Kier alpha value is -1.62. The van der Waals surface area contributed by atoms with E-state index in [0.717, 1.165) is 15.8 Å². The molecule has 0 atom stereocenters. The lowest BCUT2D eigenvalue weighted by Crippen LogP contribution is -2.12. The number of anilines is 1. The molecule has 0 saturated heterocycles. The fraction of sp³-hybridized carbons (Fsp3) is 0.125. The van der Waals surface area contributed by atoms with Gasteiger partial charge in [0.2, 0.25) is 0 Å². The van der Waals surface area contributed by atoms with Crippen molar-refractivity contribution in [3.05, 3.63) is 57.1 Å². The Bertz CT molecular complexity index is 889. The Kier molecular flexibility index (Phi) is 4.08. The molecule has 112 valence electrons. The topological polar surface area (TPSA) is 42.0 Å². The number of fused-ring (bicyclic) bond motifs is 1. The summed E-state index contributed by atoms with van der Waals surface area (Å²) in [6, 6.07) is 8.85. The lowest BCUT2D eigenvalue weighted by atomic mass is 10.1. The maximum Gasteiger partial charge on any atom is 0.259 e. The van der Waals surface area contributed by atoms with Crippen LogP contribution in [0.4, 0.5) is 5.13 Å². The van der Waals surface area contributed by atoms with Gasteiger partial charge in [-0.25, -0.2) is 4.98 Å². The molecule has 6 heteroatoms. The summed E-state index contributed by atoms with van der Waals surface area (Å²) < 4.78 is 1.04. The van der Waals surface area contributed by atoms with E-state index in [1.165, 1.54) is 16.9 Å². The van der Waals surface area contributed by atoms with Gasteiger partial charge in [-0.2, -0.15) is 0 Å². The summed E-state index contributed by atoms with van der Waals surface area (Å²) >= 11 is 13.4. The van der Waals surface area contributed by atoms with E-state index >= 15 is 0 Å². The Morgan fingerprint density at radius 2 is 1.95 bits per heavy atom. The van der Waals surface area contributed by atoms with Crippen molar-refractivity contribution in [3.8, 4) is 0 Å². The van der Waals surface area contributed by atoms with Crippen LogP contribution < -0.4 is 5.32 Å². The molecule has 3 rings (SSSR count). The number of carbonyl (C=O) groups is 1. The number of halogens is 2. The SMILES string of the molecule is Cc1ccc2sc(NC(=O)c3cc(Cl)ccc3Cl)nc2c1C. The number of rotatable bonds is 2. The van der Waals surface area contributed by atoms with Crippen LogP contribution in [-0.4, -0.2) is 10.9 Å². The number of thiazole rings is 1. The first-order valence-corrected chi connectivity index (χ1v) is 8.16. The minimum Gasteiger partial charge on any atom is -0.298 e. The van der Waals surface area contributed by atoms with Crippen molar-refractivity contribution >= 4 is 55.8 Å². The van der Waals surface area contributed by atoms with Gasteiger partial charge in [0, 0.05) is 5.02 Å². The number of nitrogens with zero attached hydrogens (tertiary/aromatic N) is 1. The summed E-state index contributed by atoms with van der Waals surface area (Å²) in [6.45, 7) is 4.06. The molecule has 1 amide bonds. The Labute approximate surface area is 141 Å². The van der Waals surface area contributed by atoms with E-state index in [-0.39, 0.29) is 5.91 Å². The third-order valence-corrected chi connectivity index (χ3v) is 4.98. The number of carbonyl (C=O) groups excluding carboxylic acids is 1. The molecule has 0 radical (unpaired) electrons. The average molecular weight is 351 g/mol. The minimum atomic E-state index is -0.319. The van der Waals surface area contributed by atoms with Gasteiger partial charge in [-0.05, 0) is 49.2 Å². The molecule has 0 aliphatic carbocycles. The molecule has 0 saturated carbocycles. The molecule has 0 fully saturated rings. The Morgan fingerprint density at radius 3 is 2.73 bits per heavy atom. The molecule has 22 heavy (non-hydrogen) atoms. The van der Waals surface area contributed by atoms with Crippen LogP contribution in [0.25, 0.3) is 10.2 Å². The molecular weight excluding hydrogens is 339 g/mol. The molecule has 0 aliphatic heterocycles. The monoisotopic (exact) mass is 350 g/mol. The molecule has 0 aliphatic rings. The molecular formula is C16H12Cl2N2OS. The van der Waals surface area contributed by atoms with Gasteiger partial charge in [-0.1, -0.05) is 40.6 Å². The highest BCUT2D eigenvalue weighted by molar-refractivity contribution is 7.22. The van der Waals surface area contributed by atoms with Crippen LogP contribution in [0.15, 0.2) is 30.3 Å². The van der Waals surface area contributed by atoms with E-state index in [4.69, 9.17) is 23.2 Å². The molecule has 1 aromatic heterocycles. The van der Waals surface area contributed by atoms with Crippen molar-refractivity contribution in [1.82, 2.24) is 4.98 Å². The summed E-state index contributed by atoms with van der Waals surface area (Å²) in [4.78, 5) is 16.8. The van der Waals surface area contributed by atoms with Gasteiger partial charge in [-0.3, -0.25) is 10.1 Å².